The molecule has 2 amide bonds. The lowest BCUT2D eigenvalue weighted by Gasteiger charge is -2.31. The van der Waals surface area contributed by atoms with Gasteiger partial charge in [0.2, 0.25) is 5.91 Å². The highest BCUT2D eigenvalue weighted by Crippen LogP contribution is 2.42. The zero-order valence-corrected chi connectivity index (χ0v) is 16.1. The number of rotatable bonds is 4. The molecule has 28 heavy (non-hydrogen) atoms. The molecule has 140 valence electrons. The van der Waals surface area contributed by atoms with Crippen LogP contribution in [0.25, 0.3) is 0 Å². The molecule has 2 atom stereocenters. The van der Waals surface area contributed by atoms with Crippen molar-refractivity contribution in [3.8, 4) is 6.07 Å². The van der Waals surface area contributed by atoms with Gasteiger partial charge in [0.15, 0.2) is 0 Å². The number of carbonyl (C=O) groups is 2. The summed E-state index contributed by atoms with van der Waals surface area (Å²) < 4.78 is 0. The number of aliphatic imine (C=N–C) groups is 1. The fourth-order valence-corrected chi connectivity index (χ4v) is 3.78. The average Bonchev–Trinajstić information content (AvgIpc) is 3.55. The van der Waals surface area contributed by atoms with Crippen molar-refractivity contribution >= 4 is 35.3 Å². The molecular formula is C22H18ClN3O2. The topological polar surface area (TPSA) is 73.5 Å². The number of nitrogens with zero attached hydrogens (tertiary/aromatic N) is 3. The maximum Gasteiger partial charge on any atom is 0.265 e. The molecule has 2 aromatic rings. The monoisotopic (exact) mass is 391 g/mol. The smallest absolute Gasteiger partial charge is 0.265 e. The van der Waals surface area contributed by atoms with Gasteiger partial charge in [-0.05, 0) is 49.4 Å². The van der Waals surface area contributed by atoms with Crippen molar-refractivity contribution in [3.63, 3.8) is 0 Å². The van der Waals surface area contributed by atoms with E-state index in [0.717, 1.165) is 17.7 Å². The van der Waals surface area contributed by atoms with Crippen LogP contribution in [0.5, 0.6) is 0 Å². The van der Waals surface area contributed by atoms with Crippen LogP contribution in [-0.2, 0) is 4.79 Å². The Bertz CT molecular complexity index is 1040. The molecule has 0 N–H and O–H groups in total. The van der Waals surface area contributed by atoms with E-state index in [9.17, 15) is 14.9 Å². The Morgan fingerprint density at radius 1 is 1.18 bits per heavy atom. The molecule has 1 saturated carbocycles. The SMILES string of the molecule is C[C@@](C#N)(N=CC1C(=O)N(c2ccccc2Cl)C(=O)c2ccccc21)C1CC1. The number of hydrogen-bond acceptors (Lipinski definition) is 4. The zero-order valence-electron chi connectivity index (χ0n) is 15.3. The summed E-state index contributed by atoms with van der Waals surface area (Å²) in [6.45, 7) is 1.79. The summed E-state index contributed by atoms with van der Waals surface area (Å²) in [6.07, 6.45) is 3.45. The number of fused-ring (bicyclic) bond motifs is 1. The summed E-state index contributed by atoms with van der Waals surface area (Å²) in [7, 11) is 0. The third kappa shape index (κ3) is 3.00. The predicted molar refractivity (Wildman–Crippen MR) is 108 cm³/mol. The molecule has 1 aliphatic heterocycles. The van der Waals surface area contributed by atoms with Gasteiger partial charge in [-0.3, -0.25) is 14.6 Å². The minimum atomic E-state index is -0.855. The Labute approximate surface area is 168 Å². The largest absolute Gasteiger partial charge is 0.275 e. The normalized spacial score (nSPS) is 21.3. The van der Waals surface area contributed by atoms with Gasteiger partial charge in [-0.25, -0.2) is 4.90 Å². The molecule has 5 nitrogen and oxygen atoms in total. The van der Waals surface area contributed by atoms with E-state index in [2.05, 4.69) is 11.1 Å². The van der Waals surface area contributed by atoms with Crippen LogP contribution < -0.4 is 4.90 Å². The molecule has 0 aromatic heterocycles. The molecule has 1 aliphatic carbocycles. The molecule has 6 heteroatoms. The van der Waals surface area contributed by atoms with E-state index in [4.69, 9.17) is 11.6 Å². The van der Waals surface area contributed by atoms with E-state index in [-0.39, 0.29) is 5.92 Å². The molecule has 0 bridgehead atoms. The van der Waals surface area contributed by atoms with E-state index in [1.54, 1.807) is 55.5 Å². The van der Waals surface area contributed by atoms with Crippen LogP contribution in [-0.4, -0.2) is 23.6 Å². The van der Waals surface area contributed by atoms with Gasteiger partial charge in [0.05, 0.1) is 22.7 Å². The summed E-state index contributed by atoms with van der Waals surface area (Å²) in [5.74, 6) is -1.37. The first-order chi connectivity index (χ1) is 13.5. The molecular weight excluding hydrogens is 374 g/mol. The van der Waals surface area contributed by atoms with Crippen molar-refractivity contribution in [2.45, 2.75) is 31.2 Å². The van der Waals surface area contributed by atoms with E-state index in [1.807, 2.05) is 0 Å². The predicted octanol–water partition coefficient (Wildman–Crippen LogP) is 4.37. The standard InChI is InChI=1S/C22H18ClN3O2/c1-22(13-24,14-10-11-14)25-12-17-15-6-2-3-7-16(15)20(27)26(21(17)28)19-9-5-4-8-18(19)23/h2-9,12,14,17H,10-11H2,1H3/t17?,22-/m0/s1. The number of nitriles is 1. The van der Waals surface area contributed by atoms with Crippen molar-refractivity contribution in [1.82, 2.24) is 0 Å². The van der Waals surface area contributed by atoms with Crippen LogP contribution in [0.2, 0.25) is 5.02 Å². The van der Waals surface area contributed by atoms with Gasteiger partial charge >= 0.3 is 0 Å². The molecule has 1 fully saturated rings. The summed E-state index contributed by atoms with van der Waals surface area (Å²) in [5, 5.41) is 9.88. The fraction of sp³-hybridized carbons (Fsp3) is 0.273. The van der Waals surface area contributed by atoms with Crippen LogP contribution in [0, 0.1) is 17.2 Å². The maximum absolute atomic E-state index is 13.3. The summed E-state index contributed by atoms with van der Waals surface area (Å²) in [5.41, 5.74) is 0.521. The van der Waals surface area contributed by atoms with E-state index < -0.39 is 23.3 Å². The Morgan fingerprint density at radius 2 is 1.86 bits per heavy atom. The second-order valence-electron chi connectivity index (χ2n) is 7.31. The van der Waals surface area contributed by atoms with Crippen LogP contribution in [0.3, 0.4) is 0 Å². The van der Waals surface area contributed by atoms with Gasteiger partial charge < -0.3 is 0 Å². The van der Waals surface area contributed by atoms with Crippen LogP contribution in [0.15, 0.2) is 53.5 Å². The molecule has 0 spiro atoms. The first kappa shape index (κ1) is 18.4. The lowest BCUT2D eigenvalue weighted by Crippen LogP contribution is -2.46. The number of halogens is 1. The maximum atomic E-state index is 13.3. The van der Waals surface area contributed by atoms with Gasteiger partial charge in [-0.15, -0.1) is 0 Å². The summed E-state index contributed by atoms with van der Waals surface area (Å²) >= 11 is 6.26. The number of imide groups is 1. The number of benzene rings is 2. The lowest BCUT2D eigenvalue weighted by molar-refractivity contribution is -0.118. The fourth-order valence-electron chi connectivity index (χ4n) is 3.56. The zero-order chi connectivity index (χ0) is 19.9. The van der Waals surface area contributed by atoms with Crippen LogP contribution in [0.1, 0.15) is 41.6 Å². The van der Waals surface area contributed by atoms with Crippen molar-refractivity contribution in [3.05, 3.63) is 64.7 Å². The molecule has 2 aliphatic rings. The van der Waals surface area contributed by atoms with Crippen molar-refractivity contribution in [1.29, 1.82) is 5.26 Å². The summed E-state index contributed by atoms with van der Waals surface area (Å²) in [4.78, 5) is 32.0. The molecule has 4 rings (SSSR count). The average molecular weight is 392 g/mol. The van der Waals surface area contributed by atoms with Crippen molar-refractivity contribution in [2.24, 2.45) is 10.9 Å². The summed E-state index contributed by atoms with van der Waals surface area (Å²) in [6, 6.07) is 16.0. The highest BCUT2D eigenvalue weighted by Gasteiger charge is 2.43. The van der Waals surface area contributed by atoms with Crippen LogP contribution >= 0.6 is 11.6 Å². The highest BCUT2D eigenvalue weighted by atomic mass is 35.5. The second-order valence-corrected chi connectivity index (χ2v) is 7.71. The number of amides is 2. The van der Waals surface area contributed by atoms with E-state index in [0.29, 0.717) is 21.8 Å². The first-order valence-corrected chi connectivity index (χ1v) is 9.52. The van der Waals surface area contributed by atoms with Gasteiger partial charge in [0.25, 0.3) is 5.91 Å². The minimum absolute atomic E-state index is 0.212. The molecule has 0 saturated heterocycles. The third-order valence-electron chi connectivity index (χ3n) is 5.40. The van der Waals surface area contributed by atoms with Gasteiger partial charge in [0, 0.05) is 11.8 Å². The number of anilines is 1. The van der Waals surface area contributed by atoms with Crippen molar-refractivity contribution < 1.29 is 9.59 Å². The highest BCUT2D eigenvalue weighted by molar-refractivity contribution is 6.37. The number of carbonyl (C=O) groups excluding carboxylic acids is 2. The Kier molecular flexibility index (Phi) is 4.52. The van der Waals surface area contributed by atoms with Gasteiger partial charge in [0.1, 0.15) is 5.54 Å². The van der Waals surface area contributed by atoms with Gasteiger partial charge in [-0.1, -0.05) is 41.9 Å². The minimum Gasteiger partial charge on any atom is -0.275 e. The molecule has 2 aromatic carbocycles. The van der Waals surface area contributed by atoms with Gasteiger partial charge in [-0.2, -0.15) is 5.26 Å². The van der Waals surface area contributed by atoms with Crippen LogP contribution in [0.4, 0.5) is 5.69 Å². The van der Waals surface area contributed by atoms with E-state index in [1.165, 1.54) is 6.21 Å². The Balaban J connectivity index is 1.80. The van der Waals surface area contributed by atoms with Crippen molar-refractivity contribution in [2.75, 3.05) is 4.90 Å². The lowest BCUT2D eigenvalue weighted by atomic mass is 9.88. The third-order valence-corrected chi connectivity index (χ3v) is 5.72. The molecule has 1 heterocycles. The molecule has 1 unspecified atom stereocenters. The first-order valence-electron chi connectivity index (χ1n) is 9.14. The number of hydrogen-bond donors (Lipinski definition) is 0. The number of para-hydroxylation sites is 1. The quantitative estimate of drug-likeness (QED) is 0.573. The molecule has 0 radical (unpaired) electrons. The second kappa shape index (κ2) is 6.88. The van der Waals surface area contributed by atoms with E-state index >= 15 is 0 Å². The Morgan fingerprint density at radius 3 is 2.54 bits per heavy atom. The Hall–Kier alpha value is -2.97.